The zero-order chi connectivity index (χ0) is 21.3. The number of anilines is 2. The van der Waals surface area contributed by atoms with Gasteiger partial charge >= 0.3 is 0 Å². The molecule has 1 aliphatic heterocycles. The number of halogens is 1. The lowest BCUT2D eigenvalue weighted by Gasteiger charge is -2.34. The number of hydrogen-bond donors (Lipinski definition) is 1. The molecule has 0 spiro atoms. The van der Waals surface area contributed by atoms with Gasteiger partial charge in [0.25, 0.3) is 15.9 Å². The number of carbonyl (C=O) groups is 1. The van der Waals surface area contributed by atoms with Gasteiger partial charge in [-0.25, -0.2) is 8.42 Å². The number of hydrogen-bond acceptors (Lipinski definition) is 4. The molecular formula is C22H19ClN2O4S. The Morgan fingerprint density at radius 3 is 2.47 bits per heavy atom. The van der Waals surface area contributed by atoms with Gasteiger partial charge in [-0.3, -0.25) is 9.10 Å². The van der Waals surface area contributed by atoms with E-state index in [0.29, 0.717) is 16.4 Å². The highest BCUT2D eigenvalue weighted by molar-refractivity contribution is 7.92. The molecule has 1 N–H and O–H groups in total. The third-order valence-corrected chi connectivity index (χ3v) is 6.76. The molecule has 154 valence electrons. The Kier molecular flexibility index (Phi) is 5.40. The van der Waals surface area contributed by atoms with E-state index < -0.39 is 22.0 Å². The van der Waals surface area contributed by atoms with Crippen LogP contribution >= 0.6 is 11.6 Å². The van der Waals surface area contributed by atoms with Crippen LogP contribution in [0.2, 0.25) is 5.02 Å². The number of carbonyl (C=O) groups excluding carboxylic acids is 1. The number of fused-ring (bicyclic) bond motifs is 1. The minimum atomic E-state index is -3.93. The average molecular weight is 443 g/mol. The van der Waals surface area contributed by atoms with Crippen molar-refractivity contribution in [1.82, 2.24) is 0 Å². The first-order chi connectivity index (χ1) is 14.3. The van der Waals surface area contributed by atoms with Crippen LogP contribution in [0, 0.1) is 6.92 Å². The summed E-state index contributed by atoms with van der Waals surface area (Å²) in [5, 5.41) is 3.13. The standard InChI is InChI=1S/C22H19ClN2O4S/c1-15-7-10-18(11-8-15)30(27,28)25-14-21(22(26)24-17-5-3-2-4-6-17)29-20-12-9-16(23)13-19(20)25/h2-13,21H,14H2,1H3,(H,24,26). The fourth-order valence-electron chi connectivity index (χ4n) is 3.17. The van der Waals surface area contributed by atoms with Crippen LogP contribution < -0.4 is 14.4 Å². The number of sulfonamides is 1. The first-order valence-electron chi connectivity index (χ1n) is 9.26. The fraction of sp³-hybridized carbons (Fsp3) is 0.136. The van der Waals surface area contributed by atoms with Crippen LogP contribution in [-0.4, -0.2) is 27.0 Å². The van der Waals surface area contributed by atoms with E-state index >= 15 is 0 Å². The van der Waals surface area contributed by atoms with Crippen LogP contribution in [0.15, 0.2) is 77.7 Å². The van der Waals surface area contributed by atoms with Gasteiger partial charge in [-0.05, 0) is 49.4 Å². The summed E-state index contributed by atoms with van der Waals surface area (Å²) in [4.78, 5) is 12.9. The molecule has 6 nitrogen and oxygen atoms in total. The quantitative estimate of drug-likeness (QED) is 0.655. The van der Waals surface area contributed by atoms with Gasteiger partial charge in [0.1, 0.15) is 5.75 Å². The lowest BCUT2D eigenvalue weighted by Crippen LogP contribution is -2.48. The maximum Gasteiger partial charge on any atom is 0.267 e. The zero-order valence-electron chi connectivity index (χ0n) is 16.1. The molecule has 1 atom stereocenters. The highest BCUT2D eigenvalue weighted by Crippen LogP contribution is 2.39. The molecule has 3 aromatic carbocycles. The molecule has 4 rings (SSSR count). The topological polar surface area (TPSA) is 75.7 Å². The molecule has 30 heavy (non-hydrogen) atoms. The van der Waals surface area contributed by atoms with Crippen molar-refractivity contribution in [2.24, 2.45) is 0 Å². The number of aryl methyl sites for hydroxylation is 1. The molecule has 0 aliphatic carbocycles. The number of rotatable bonds is 4. The number of amides is 1. The number of ether oxygens (including phenoxy) is 1. The second kappa shape index (κ2) is 8.01. The van der Waals surface area contributed by atoms with E-state index in [2.05, 4.69) is 5.32 Å². The Balaban J connectivity index is 1.71. The van der Waals surface area contributed by atoms with Crippen LogP contribution in [0.1, 0.15) is 5.56 Å². The summed E-state index contributed by atoms with van der Waals surface area (Å²) >= 11 is 6.11. The van der Waals surface area contributed by atoms with Gasteiger partial charge in [-0.15, -0.1) is 0 Å². The van der Waals surface area contributed by atoms with Crippen molar-refractivity contribution in [3.8, 4) is 5.75 Å². The average Bonchev–Trinajstić information content (AvgIpc) is 2.74. The molecule has 0 bridgehead atoms. The summed E-state index contributed by atoms with van der Waals surface area (Å²) in [5.41, 5.74) is 1.84. The summed E-state index contributed by atoms with van der Waals surface area (Å²) in [6.45, 7) is 1.70. The second-order valence-electron chi connectivity index (χ2n) is 6.92. The molecule has 1 aliphatic rings. The molecule has 1 amide bonds. The van der Waals surface area contributed by atoms with Gasteiger partial charge < -0.3 is 10.1 Å². The van der Waals surface area contributed by atoms with Crippen LogP contribution in [0.4, 0.5) is 11.4 Å². The van der Waals surface area contributed by atoms with Crippen molar-refractivity contribution in [3.05, 3.63) is 83.4 Å². The second-order valence-corrected chi connectivity index (χ2v) is 9.22. The van der Waals surface area contributed by atoms with E-state index in [0.717, 1.165) is 5.56 Å². The molecule has 3 aromatic rings. The molecule has 0 radical (unpaired) electrons. The number of nitrogens with one attached hydrogen (secondary N) is 1. The Labute approximate surface area is 180 Å². The third-order valence-electron chi connectivity index (χ3n) is 4.73. The van der Waals surface area contributed by atoms with Gasteiger partial charge in [0.15, 0.2) is 6.10 Å². The third kappa shape index (κ3) is 3.99. The predicted octanol–water partition coefficient (Wildman–Crippen LogP) is 4.24. The Morgan fingerprint density at radius 1 is 1.07 bits per heavy atom. The first kappa shape index (κ1) is 20.3. The molecule has 1 unspecified atom stereocenters. The van der Waals surface area contributed by atoms with Gasteiger partial charge in [0.2, 0.25) is 0 Å². The minimum Gasteiger partial charge on any atom is -0.476 e. The molecule has 0 saturated carbocycles. The largest absolute Gasteiger partial charge is 0.476 e. The van der Waals surface area contributed by atoms with Crippen LogP contribution in [0.5, 0.6) is 5.75 Å². The monoisotopic (exact) mass is 442 g/mol. The van der Waals surface area contributed by atoms with Crippen LogP contribution in [0.3, 0.4) is 0 Å². The van der Waals surface area contributed by atoms with E-state index in [-0.39, 0.29) is 17.2 Å². The van der Waals surface area contributed by atoms with Gasteiger partial charge in [-0.1, -0.05) is 47.5 Å². The summed E-state index contributed by atoms with van der Waals surface area (Å²) in [5.74, 6) is -0.166. The van der Waals surface area contributed by atoms with Crippen LogP contribution in [-0.2, 0) is 14.8 Å². The smallest absolute Gasteiger partial charge is 0.267 e. The maximum absolute atomic E-state index is 13.4. The van der Waals surface area contributed by atoms with Crippen molar-refractivity contribution in [2.45, 2.75) is 17.9 Å². The Morgan fingerprint density at radius 2 is 1.77 bits per heavy atom. The highest BCUT2D eigenvalue weighted by atomic mass is 35.5. The number of nitrogens with zero attached hydrogens (tertiary/aromatic N) is 1. The summed E-state index contributed by atoms with van der Waals surface area (Å²) in [6.07, 6.45) is -1.03. The number of para-hydroxylation sites is 1. The maximum atomic E-state index is 13.4. The summed E-state index contributed by atoms with van der Waals surface area (Å²) in [7, 11) is -3.93. The zero-order valence-corrected chi connectivity index (χ0v) is 17.7. The van der Waals surface area contributed by atoms with Crippen molar-refractivity contribution < 1.29 is 17.9 Å². The predicted molar refractivity (Wildman–Crippen MR) is 117 cm³/mol. The summed E-state index contributed by atoms with van der Waals surface area (Å²) < 4.78 is 33.8. The van der Waals surface area contributed by atoms with E-state index in [1.54, 1.807) is 60.7 Å². The van der Waals surface area contributed by atoms with Gasteiger partial charge in [0, 0.05) is 10.7 Å². The SMILES string of the molecule is Cc1ccc(S(=O)(=O)N2CC(C(=O)Nc3ccccc3)Oc3ccc(Cl)cc32)cc1. The Hall–Kier alpha value is -3.03. The molecule has 8 heteroatoms. The normalized spacial score (nSPS) is 15.8. The van der Waals surface area contributed by atoms with E-state index in [4.69, 9.17) is 16.3 Å². The summed E-state index contributed by atoms with van der Waals surface area (Å²) in [6, 6.07) is 20.1. The molecule has 0 saturated heterocycles. The lowest BCUT2D eigenvalue weighted by molar-refractivity contribution is -0.122. The van der Waals surface area contributed by atoms with Crippen LogP contribution in [0.25, 0.3) is 0 Å². The lowest BCUT2D eigenvalue weighted by atomic mass is 10.2. The first-order valence-corrected chi connectivity index (χ1v) is 11.1. The van der Waals surface area contributed by atoms with Gasteiger partial charge in [0.05, 0.1) is 17.1 Å². The number of benzene rings is 3. The van der Waals surface area contributed by atoms with Crippen molar-refractivity contribution in [2.75, 3.05) is 16.2 Å². The molecule has 0 fully saturated rings. The highest BCUT2D eigenvalue weighted by Gasteiger charge is 2.37. The van der Waals surface area contributed by atoms with E-state index in [9.17, 15) is 13.2 Å². The fourth-order valence-corrected chi connectivity index (χ4v) is 4.80. The van der Waals surface area contributed by atoms with Crippen molar-refractivity contribution in [3.63, 3.8) is 0 Å². The minimum absolute atomic E-state index is 0.128. The molecule has 0 aromatic heterocycles. The molecular weight excluding hydrogens is 424 g/mol. The van der Waals surface area contributed by atoms with Gasteiger partial charge in [-0.2, -0.15) is 0 Å². The van der Waals surface area contributed by atoms with Crippen molar-refractivity contribution in [1.29, 1.82) is 0 Å². The molecule has 1 heterocycles. The van der Waals surface area contributed by atoms with E-state index in [1.165, 1.54) is 10.4 Å². The Bertz CT molecular complexity index is 1180. The van der Waals surface area contributed by atoms with Crippen molar-refractivity contribution >= 4 is 38.9 Å². The van der Waals surface area contributed by atoms with E-state index in [1.807, 2.05) is 13.0 Å².